The van der Waals surface area contributed by atoms with Crippen molar-refractivity contribution >= 4 is 32.3 Å². The first-order valence-electron chi connectivity index (χ1n) is 21.6. The molecule has 0 aliphatic rings. The zero-order chi connectivity index (χ0) is 43.8. The monoisotopic (exact) mass is 845 g/mol. The Balaban J connectivity index is 1.05. The van der Waals surface area contributed by atoms with Crippen LogP contribution in [0.4, 0.5) is 0 Å². The van der Waals surface area contributed by atoms with Gasteiger partial charge in [-0.15, -0.1) is 0 Å². The molecule has 0 unspecified atom stereocenters. The average molecular weight is 846 g/mol. The van der Waals surface area contributed by atoms with Crippen LogP contribution >= 0.6 is 0 Å². The topological polar surface area (TPSA) is 116 Å². The minimum Gasteiger partial charge on any atom is -0.252 e. The fourth-order valence-electron chi connectivity index (χ4n) is 8.50. The van der Waals surface area contributed by atoms with Crippen LogP contribution in [0.2, 0.25) is 0 Å². The van der Waals surface area contributed by atoms with E-state index in [-0.39, 0.29) is 0 Å². The molecule has 0 N–H and O–H groups in total. The van der Waals surface area contributed by atoms with Crippen molar-refractivity contribution in [2.45, 2.75) is 0 Å². The molecular formula is C57H35N9. The Bertz CT molecular complexity index is 3750. The highest BCUT2D eigenvalue weighted by molar-refractivity contribution is 6.14. The summed E-state index contributed by atoms with van der Waals surface area (Å²) in [4.78, 5) is 43.9. The lowest BCUT2D eigenvalue weighted by Gasteiger charge is -2.15. The second-order valence-electron chi connectivity index (χ2n) is 15.9. The normalized spacial score (nSPS) is 11.3. The zero-order valence-corrected chi connectivity index (χ0v) is 35.2. The Morgan fingerprint density at radius 2 is 0.879 bits per heavy atom. The second-order valence-corrected chi connectivity index (χ2v) is 15.9. The van der Waals surface area contributed by atoms with E-state index in [4.69, 9.17) is 34.9 Å². The Morgan fingerprint density at radius 3 is 1.68 bits per heavy atom. The second kappa shape index (κ2) is 16.5. The largest absolute Gasteiger partial charge is 0.252 e. The third kappa shape index (κ3) is 7.36. The SMILES string of the molecule is c1ccc(-c2cccc(-c3nc(-c4cnc(-c5ccc6ccccc6c5)nc4)nc(-c4cc(-c5ccc(-c6ncccn6)nc5)cc(-c5cc6ccccc6c6ccccc56)c4)n3)n2)cc1. The van der Waals surface area contributed by atoms with Gasteiger partial charge in [-0.2, -0.15) is 0 Å². The van der Waals surface area contributed by atoms with Crippen LogP contribution in [-0.4, -0.2) is 44.9 Å². The number of pyridine rings is 2. The summed E-state index contributed by atoms with van der Waals surface area (Å²) in [6.45, 7) is 0. The van der Waals surface area contributed by atoms with E-state index in [1.807, 2.05) is 79.0 Å². The molecule has 0 aliphatic heterocycles. The Labute approximate surface area is 379 Å². The molecule has 66 heavy (non-hydrogen) atoms. The van der Waals surface area contributed by atoms with Gasteiger partial charge < -0.3 is 0 Å². The highest BCUT2D eigenvalue weighted by atomic mass is 15.1. The lowest BCUT2D eigenvalue weighted by atomic mass is 9.90. The molecule has 0 spiro atoms. The van der Waals surface area contributed by atoms with Crippen LogP contribution in [0.25, 0.3) is 123 Å². The number of hydrogen-bond donors (Lipinski definition) is 0. The van der Waals surface area contributed by atoms with Gasteiger partial charge in [-0.05, 0) is 104 Å². The van der Waals surface area contributed by atoms with Crippen molar-refractivity contribution in [1.29, 1.82) is 0 Å². The van der Waals surface area contributed by atoms with Crippen LogP contribution in [-0.2, 0) is 0 Å². The fraction of sp³-hybridized carbons (Fsp3) is 0. The predicted octanol–water partition coefficient (Wildman–Crippen LogP) is 13.0. The van der Waals surface area contributed by atoms with Crippen molar-refractivity contribution in [3.63, 3.8) is 0 Å². The van der Waals surface area contributed by atoms with E-state index in [9.17, 15) is 0 Å². The Hall–Kier alpha value is -9.21. The van der Waals surface area contributed by atoms with Crippen molar-refractivity contribution in [1.82, 2.24) is 44.9 Å². The molecule has 0 fully saturated rings. The van der Waals surface area contributed by atoms with Gasteiger partial charge >= 0.3 is 0 Å². The minimum atomic E-state index is 0.420. The maximum absolute atomic E-state index is 5.21. The van der Waals surface area contributed by atoms with Crippen molar-refractivity contribution < 1.29 is 0 Å². The molecule has 12 rings (SSSR count). The fourth-order valence-corrected chi connectivity index (χ4v) is 8.50. The average Bonchev–Trinajstić information content (AvgIpc) is 3.41. The highest BCUT2D eigenvalue weighted by Gasteiger charge is 2.19. The minimum absolute atomic E-state index is 0.420. The summed E-state index contributed by atoms with van der Waals surface area (Å²) in [7, 11) is 0. The number of fused-ring (bicyclic) bond motifs is 4. The van der Waals surface area contributed by atoms with Crippen molar-refractivity contribution in [2.24, 2.45) is 0 Å². The van der Waals surface area contributed by atoms with Gasteiger partial charge in [0.25, 0.3) is 0 Å². The molecule has 308 valence electrons. The number of hydrogen-bond acceptors (Lipinski definition) is 9. The number of nitrogens with zero attached hydrogens (tertiary/aromatic N) is 9. The maximum Gasteiger partial charge on any atom is 0.182 e. The van der Waals surface area contributed by atoms with Crippen molar-refractivity contribution in [3.8, 4) is 90.7 Å². The summed E-state index contributed by atoms with van der Waals surface area (Å²) in [6, 6.07) is 62.1. The molecule has 5 heterocycles. The van der Waals surface area contributed by atoms with Crippen LogP contribution in [0.5, 0.6) is 0 Å². The molecular weight excluding hydrogens is 811 g/mol. The first kappa shape index (κ1) is 38.5. The third-order valence-corrected chi connectivity index (χ3v) is 11.8. The quantitative estimate of drug-likeness (QED) is 0.138. The number of rotatable bonds is 8. The zero-order valence-electron chi connectivity index (χ0n) is 35.2. The number of benzene rings is 7. The maximum atomic E-state index is 5.21. The third-order valence-electron chi connectivity index (χ3n) is 11.8. The van der Waals surface area contributed by atoms with Gasteiger partial charge in [-0.3, -0.25) is 4.98 Å². The van der Waals surface area contributed by atoms with Gasteiger partial charge in [-0.1, -0.05) is 127 Å². The summed E-state index contributed by atoms with van der Waals surface area (Å²) in [5.74, 6) is 2.48. The van der Waals surface area contributed by atoms with Crippen LogP contribution in [0.15, 0.2) is 213 Å². The Morgan fingerprint density at radius 1 is 0.242 bits per heavy atom. The van der Waals surface area contributed by atoms with E-state index in [1.54, 1.807) is 30.9 Å². The van der Waals surface area contributed by atoms with Crippen LogP contribution < -0.4 is 0 Å². The van der Waals surface area contributed by atoms with Crippen LogP contribution in [0.3, 0.4) is 0 Å². The summed E-state index contributed by atoms with van der Waals surface area (Å²) in [5.41, 5.74) is 9.36. The van der Waals surface area contributed by atoms with Gasteiger partial charge in [0.05, 0.1) is 11.3 Å². The molecule has 12 aromatic rings. The standard InChI is InChI=1S/C57H35N9/c1-2-13-37(14-3-1)50-20-10-21-52(63-50)57-65-54(64-55(66-57)45-34-61-53(62-35-45)40-23-22-36-12-4-5-15-38(36)28-40)44-30-42(41-24-25-51(60-33-41)56-58-26-11-27-59-56)29-43(31-44)49-32-39-16-6-7-17-46(39)47-18-8-9-19-48(47)49/h1-35H. The van der Waals surface area contributed by atoms with E-state index in [0.717, 1.165) is 66.2 Å². The van der Waals surface area contributed by atoms with Gasteiger partial charge in [0, 0.05) is 53.2 Å². The predicted molar refractivity (Wildman–Crippen MR) is 263 cm³/mol. The van der Waals surface area contributed by atoms with E-state index < -0.39 is 0 Å². The molecule has 0 amide bonds. The molecule has 5 aromatic heterocycles. The molecule has 0 aliphatic carbocycles. The van der Waals surface area contributed by atoms with Crippen LogP contribution in [0.1, 0.15) is 0 Å². The van der Waals surface area contributed by atoms with Crippen molar-refractivity contribution in [3.05, 3.63) is 213 Å². The molecule has 0 atom stereocenters. The Kier molecular flexibility index (Phi) is 9.61. The molecule has 0 saturated heterocycles. The van der Waals surface area contributed by atoms with E-state index in [1.165, 1.54) is 10.8 Å². The van der Waals surface area contributed by atoms with Crippen LogP contribution in [0, 0.1) is 0 Å². The first-order chi connectivity index (χ1) is 32.7. The summed E-state index contributed by atoms with van der Waals surface area (Å²) >= 11 is 0. The molecule has 0 radical (unpaired) electrons. The van der Waals surface area contributed by atoms with E-state index in [2.05, 4.69) is 113 Å². The lowest BCUT2D eigenvalue weighted by Crippen LogP contribution is -2.03. The van der Waals surface area contributed by atoms with Crippen molar-refractivity contribution in [2.75, 3.05) is 0 Å². The molecule has 9 heteroatoms. The van der Waals surface area contributed by atoms with E-state index in [0.29, 0.717) is 46.1 Å². The molecule has 0 bridgehead atoms. The van der Waals surface area contributed by atoms with Gasteiger partial charge in [0.2, 0.25) is 0 Å². The summed E-state index contributed by atoms with van der Waals surface area (Å²) < 4.78 is 0. The smallest absolute Gasteiger partial charge is 0.182 e. The first-order valence-corrected chi connectivity index (χ1v) is 21.6. The molecule has 7 aromatic carbocycles. The lowest BCUT2D eigenvalue weighted by molar-refractivity contribution is 1.05. The molecule has 0 saturated carbocycles. The molecule has 9 nitrogen and oxygen atoms in total. The van der Waals surface area contributed by atoms with Gasteiger partial charge in [-0.25, -0.2) is 39.9 Å². The number of aromatic nitrogens is 9. The highest BCUT2D eigenvalue weighted by Crippen LogP contribution is 2.39. The van der Waals surface area contributed by atoms with Gasteiger partial charge in [0.1, 0.15) is 11.4 Å². The van der Waals surface area contributed by atoms with E-state index >= 15 is 0 Å². The van der Waals surface area contributed by atoms with Gasteiger partial charge in [0.15, 0.2) is 29.1 Å². The summed E-state index contributed by atoms with van der Waals surface area (Å²) in [5, 5.41) is 6.93. The summed E-state index contributed by atoms with van der Waals surface area (Å²) in [6.07, 6.45) is 8.86.